The van der Waals surface area contributed by atoms with Gasteiger partial charge in [-0.3, -0.25) is 16.2 Å². The molecule has 21 heavy (non-hydrogen) atoms. The van der Waals surface area contributed by atoms with Crippen molar-refractivity contribution in [1.29, 1.82) is 0 Å². The zero-order valence-electron chi connectivity index (χ0n) is 13.4. The summed E-state index contributed by atoms with van der Waals surface area (Å²) in [4.78, 5) is 2.45. The highest BCUT2D eigenvalue weighted by atomic mass is 35.5. The molecule has 0 heterocycles. The Morgan fingerprint density at radius 1 is 1.14 bits per heavy atom. The lowest BCUT2D eigenvalue weighted by Gasteiger charge is -2.48. The van der Waals surface area contributed by atoms with Gasteiger partial charge in [0.15, 0.2) is 0 Å². The van der Waals surface area contributed by atoms with Crippen LogP contribution in [-0.4, -0.2) is 23.5 Å². The average molecular weight is 332 g/mol. The van der Waals surface area contributed by atoms with Crippen molar-refractivity contribution in [3.05, 3.63) is 33.8 Å². The highest BCUT2D eigenvalue weighted by Crippen LogP contribution is 2.40. The highest BCUT2D eigenvalue weighted by Gasteiger charge is 2.41. The molecule has 0 aliphatic heterocycles. The van der Waals surface area contributed by atoms with Crippen molar-refractivity contribution in [3.8, 4) is 0 Å². The Morgan fingerprint density at radius 3 is 2.14 bits per heavy atom. The molecule has 5 heteroatoms. The monoisotopic (exact) mass is 331 g/mol. The third-order valence-corrected chi connectivity index (χ3v) is 5.17. The molecule has 0 amide bonds. The fourth-order valence-electron chi connectivity index (χ4n) is 3.41. The Balaban J connectivity index is 3.40. The van der Waals surface area contributed by atoms with Gasteiger partial charge in [0.1, 0.15) is 0 Å². The van der Waals surface area contributed by atoms with Crippen molar-refractivity contribution in [2.45, 2.75) is 52.1 Å². The van der Waals surface area contributed by atoms with E-state index in [1.54, 1.807) is 6.07 Å². The standard InChI is InChI=1S/C16H27Cl2N3/c1-5-16(6-2,21(7-3)8-4)15(20-19)13-11-12(17)9-10-14(13)18/h9-11,15,20H,5-8,19H2,1-4H3. The minimum Gasteiger partial charge on any atom is -0.296 e. The zero-order valence-corrected chi connectivity index (χ0v) is 14.9. The van der Waals surface area contributed by atoms with Gasteiger partial charge in [-0.15, -0.1) is 0 Å². The predicted molar refractivity (Wildman–Crippen MR) is 92.8 cm³/mol. The summed E-state index contributed by atoms with van der Waals surface area (Å²) in [6.07, 6.45) is 1.95. The summed E-state index contributed by atoms with van der Waals surface area (Å²) >= 11 is 12.6. The van der Waals surface area contributed by atoms with Crippen LogP contribution in [0.4, 0.5) is 0 Å². The van der Waals surface area contributed by atoms with E-state index >= 15 is 0 Å². The van der Waals surface area contributed by atoms with Gasteiger partial charge < -0.3 is 0 Å². The van der Waals surface area contributed by atoms with Crippen LogP contribution in [0.3, 0.4) is 0 Å². The normalized spacial score (nSPS) is 13.7. The first kappa shape index (κ1) is 18.7. The molecule has 0 bridgehead atoms. The summed E-state index contributed by atoms with van der Waals surface area (Å²) in [5, 5.41) is 1.37. The molecule has 1 atom stereocenters. The minimum absolute atomic E-state index is 0.0707. The molecule has 0 fully saturated rings. The van der Waals surface area contributed by atoms with E-state index in [1.165, 1.54) is 0 Å². The number of nitrogens with two attached hydrogens (primary N) is 1. The first-order chi connectivity index (χ1) is 10.00. The maximum atomic E-state index is 6.41. The van der Waals surface area contributed by atoms with Crippen molar-refractivity contribution >= 4 is 23.2 Å². The van der Waals surface area contributed by atoms with Gasteiger partial charge in [-0.2, -0.15) is 0 Å². The Bertz CT molecular complexity index is 443. The largest absolute Gasteiger partial charge is 0.296 e. The van der Waals surface area contributed by atoms with Crippen LogP contribution in [0.15, 0.2) is 18.2 Å². The maximum absolute atomic E-state index is 6.41. The number of hydrazine groups is 1. The topological polar surface area (TPSA) is 41.3 Å². The second-order valence-electron chi connectivity index (χ2n) is 5.25. The number of benzene rings is 1. The summed E-state index contributed by atoms with van der Waals surface area (Å²) in [5.74, 6) is 5.93. The van der Waals surface area contributed by atoms with Crippen molar-refractivity contribution in [2.24, 2.45) is 5.84 Å². The lowest BCUT2D eigenvalue weighted by Crippen LogP contribution is -2.57. The Morgan fingerprint density at radius 2 is 1.71 bits per heavy atom. The smallest absolute Gasteiger partial charge is 0.0658 e. The van der Waals surface area contributed by atoms with E-state index in [0.29, 0.717) is 10.0 Å². The first-order valence-electron chi connectivity index (χ1n) is 7.66. The van der Waals surface area contributed by atoms with E-state index in [9.17, 15) is 0 Å². The van der Waals surface area contributed by atoms with Crippen LogP contribution >= 0.6 is 23.2 Å². The van der Waals surface area contributed by atoms with Crippen LogP contribution in [0.25, 0.3) is 0 Å². The molecule has 1 rings (SSSR count). The zero-order chi connectivity index (χ0) is 16.0. The minimum atomic E-state index is -0.0907. The van der Waals surface area contributed by atoms with E-state index in [-0.39, 0.29) is 11.6 Å². The maximum Gasteiger partial charge on any atom is 0.0658 e. The van der Waals surface area contributed by atoms with Crippen molar-refractivity contribution in [2.75, 3.05) is 13.1 Å². The molecule has 0 aromatic heterocycles. The molecule has 0 saturated heterocycles. The van der Waals surface area contributed by atoms with Crippen molar-refractivity contribution in [3.63, 3.8) is 0 Å². The SMILES string of the molecule is CCN(CC)C(CC)(CC)C(NN)c1cc(Cl)ccc1Cl. The van der Waals surface area contributed by atoms with Crippen LogP contribution in [0.1, 0.15) is 52.1 Å². The predicted octanol–water partition coefficient (Wildman–Crippen LogP) is 4.40. The summed E-state index contributed by atoms with van der Waals surface area (Å²) in [6.45, 7) is 10.7. The number of hydrogen-bond acceptors (Lipinski definition) is 3. The number of halogens is 2. The van der Waals surface area contributed by atoms with Crippen LogP contribution in [0.5, 0.6) is 0 Å². The van der Waals surface area contributed by atoms with E-state index in [2.05, 4.69) is 38.0 Å². The van der Waals surface area contributed by atoms with Gasteiger partial charge in [0.05, 0.1) is 6.04 Å². The average Bonchev–Trinajstić information content (AvgIpc) is 2.50. The third kappa shape index (κ3) is 3.72. The molecule has 3 N–H and O–H groups in total. The first-order valence-corrected chi connectivity index (χ1v) is 8.42. The number of nitrogens with zero attached hydrogens (tertiary/aromatic N) is 1. The highest BCUT2D eigenvalue weighted by molar-refractivity contribution is 6.33. The van der Waals surface area contributed by atoms with E-state index < -0.39 is 0 Å². The third-order valence-electron chi connectivity index (χ3n) is 4.59. The molecule has 0 saturated carbocycles. The van der Waals surface area contributed by atoms with Crippen molar-refractivity contribution in [1.82, 2.24) is 10.3 Å². The summed E-state index contributed by atoms with van der Waals surface area (Å²) in [6, 6.07) is 5.48. The molecule has 0 aliphatic carbocycles. The fourth-order valence-corrected chi connectivity index (χ4v) is 3.82. The molecule has 1 unspecified atom stereocenters. The quantitative estimate of drug-likeness (QED) is 0.548. The lowest BCUT2D eigenvalue weighted by atomic mass is 9.79. The summed E-state index contributed by atoms with van der Waals surface area (Å²) in [7, 11) is 0. The second-order valence-corrected chi connectivity index (χ2v) is 6.09. The van der Waals surface area contributed by atoms with Gasteiger partial charge in [-0.25, -0.2) is 0 Å². The number of hydrogen-bond donors (Lipinski definition) is 2. The van der Waals surface area contributed by atoms with Gasteiger partial charge in [0, 0.05) is 15.6 Å². The molecule has 3 nitrogen and oxygen atoms in total. The van der Waals surface area contributed by atoms with Crippen LogP contribution in [-0.2, 0) is 0 Å². The van der Waals surface area contributed by atoms with Gasteiger partial charge >= 0.3 is 0 Å². The molecule has 1 aromatic carbocycles. The van der Waals surface area contributed by atoms with Gasteiger partial charge in [-0.05, 0) is 49.7 Å². The lowest BCUT2D eigenvalue weighted by molar-refractivity contribution is 0.0487. The number of nitrogens with one attached hydrogen (secondary N) is 1. The molecule has 1 aromatic rings. The molecule has 120 valence electrons. The Hall–Kier alpha value is -0.320. The van der Waals surface area contributed by atoms with Gasteiger partial charge in [0.25, 0.3) is 0 Å². The summed E-state index contributed by atoms with van der Waals surface area (Å²) in [5.41, 5.74) is 3.86. The molecular weight excluding hydrogens is 305 g/mol. The van der Waals surface area contributed by atoms with Crippen LogP contribution in [0.2, 0.25) is 10.0 Å². The Labute approximate surface area is 138 Å². The van der Waals surface area contributed by atoms with Crippen LogP contribution < -0.4 is 11.3 Å². The van der Waals surface area contributed by atoms with Crippen LogP contribution in [0, 0.1) is 0 Å². The van der Waals surface area contributed by atoms with Crippen molar-refractivity contribution < 1.29 is 0 Å². The van der Waals surface area contributed by atoms with E-state index in [4.69, 9.17) is 29.0 Å². The Kier molecular flexibility index (Phi) is 7.45. The summed E-state index contributed by atoms with van der Waals surface area (Å²) < 4.78 is 0. The second kappa shape index (κ2) is 8.35. The number of likely N-dealkylation sites (N-methyl/N-ethyl adjacent to an activating group) is 1. The van der Waals surface area contributed by atoms with Gasteiger partial charge in [0.2, 0.25) is 0 Å². The fraction of sp³-hybridized carbons (Fsp3) is 0.625. The number of rotatable bonds is 8. The molecule has 0 spiro atoms. The van der Waals surface area contributed by atoms with Gasteiger partial charge in [-0.1, -0.05) is 50.9 Å². The van der Waals surface area contributed by atoms with E-state index in [0.717, 1.165) is 31.5 Å². The molecule has 0 radical (unpaired) electrons. The van der Waals surface area contributed by atoms with E-state index in [1.807, 2.05) is 12.1 Å². The molecular formula is C16H27Cl2N3. The molecule has 0 aliphatic rings.